The molecular weight excluding hydrogens is 231 g/mol. The van der Waals surface area contributed by atoms with Crippen LogP contribution in [0.5, 0.6) is 5.75 Å². The Bertz CT molecular complexity index is 522. The van der Waals surface area contributed by atoms with Gasteiger partial charge in [-0.15, -0.1) is 0 Å². The topological polar surface area (TPSA) is 26.2 Å². The van der Waals surface area contributed by atoms with Gasteiger partial charge < -0.3 is 14.6 Å². The number of aryl methyl sites for hydroxylation is 1. The van der Waals surface area contributed by atoms with Crippen LogP contribution in [0.15, 0.2) is 36.5 Å². The highest BCUT2D eigenvalue weighted by Gasteiger charge is 2.05. The van der Waals surface area contributed by atoms with Gasteiger partial charge in [0.05, 0.1) is 18.8 Å². The minimum atomic E-state index is -0.289. The summed E-state index contributed by atoms with van der Waals surface area (Å²) in [7, 11) is 1.99. The molecule has 1 heterocycles. The Morgan fingerprint density at radius 3 is 2.83 bits per heavy atom. The number of hydrogen-bond donors (Lipinski definition) is 1. The van der Waals surface area contributed by atoms with E-state index in [4.69, 9.17) is 4.74 Å². The smallest absolute Gasteiger partial charge is 0.145 e. The highest BCUT2D eigenvalue weighted by atomic mass is 19.1. The second-order valence-corrected chi connectivity index (χ2v) is 4.04. The third kappa shape index (κ3) is 2.83. The van der Waals surface area contributed by atoms with Crippen molar-refractivity contribution in [3.63, 3.8) is 0 Å². The predicted molar refractivity (Wildman–Crippen MR) is 70.3 cm³/mol. The van der Waals surface area contributed by atoms with Crippen LogP contribution in [0.3, 0.4) is 0 Å². The van der Waals surface area contributed by atoms with Crippen molar-refractivity contribution in [2.75, 3.05) is 11.9 Å². The lowest BCUT2D eigenvalue weighted by molar-refractivity contribution is 0.339. The normalized spacial score (nSPS) is 10.4. The molecule has 0 radical (unpaired) electrons. The lowest BCUT2D eigenvalue weighted by Crippen LogP contribution is -2.06. The fourth-order valence-electron chi connectivity index (χ4n) is 1.78. The number of aromatic nitrogens is 1. The van der Waals surface area contributed by atoms with Crippen LogP contribution in [0.25, 0.3) is 0 Å². The van der Waals surface area contributed by atoms with Crippen LogP contribution in [-0.2, 0) is 13.6 Å². The van der Waals surface area contributed by atoms with Crippen molar-refractivity contribution in [2.24, 2.45) is 7.05 Å². The average Bonchev–Trinajstić information content (AvgIpc) is 2.74. The number of hydrogen-bond acceptors (Lipinski definition) is 2. The number of halogens is 1. The van der Waals surface area contributed by atoms with Gasteiger partial charge in [0.2, 0.25) is 0 Å². The first kappa shape index (κ1) is 12.5. The summed E-state index contributed by atoms with van der Waals surface area (Å²) in [6, 6.07) is 8.55. The van der Waals surface area contributed by atoms with Gasteiger partial charge in [-0.2, -0.15) is 0 Å². The third-order valence-corrected chi connectivity index (χ3v) is 2.75. The Morgan fingerprint density at radius 1 is 1.33 bits per heavy atom. The zero-order chi connectivity index (χ0) is 13.0. The van der Waals surface area contributed by atoms with Crippen molar-refractivity contribution in [1.82, 2.24) is 4.57 Å². The summed E-state index contributed by atoms with van der Waals surface area (Å²) in [5, 5.41) is 3.26. The summed E-state index contributed by atoms with van der Waals surface area (Å²) >= 11 is 0. The summed E-state index contributed by atoms with van der Waals surface area (Å²) in [5.41, 5.74) is 1.96. The first-order valence-corrected chi connectivity index (χ1v) is 5.97. The molecule has 1 N–H and O–H groups in total. The second-order valence-electron chi connectivity index (χ2n) is 4.04. The molecule has 0 unspecified atom stereocenters. The summed E-state index contributed by atoms with van der Waals surface area (Å²) < 4.78 is 20.6. The molecule has 0 aliphatic heterocycles. The van der Waals surface area contributed by atoms with Gasteiger partial charge in [-0.05, 0) is 31.2 Å². The Labute approximate surface area is 106 Å². The van der Waals surface area contributed by atoms with E-state index >= 15 is 0 Å². The summed E-state index contributed by atoms with van der Waals surface area (Å²) in [6.45, 7) is 3.07. The molecular formula is C14H17FN2O. The quantitative estimate of drug-likeness (QED) is 0.879. The van der Waals surface area contributed by atoms with Gasteiger partial charge in [0.1, 0.15) is 11.6 Å². The Balaban J connectivity index is 2.11. The first-order chi connectivity index (χ1) is 8.70. The van der Waals surface area contributed by atoms with Gasteiger partial charge >= 0.3 is 0 Å². The molecule has 4 heteroatoms. The summed E-state index contributed by atoms with van der Waals surface area (Å²) in [4.78, 5) is 0. The molecule has 0 spiro atoms. The van der Waals surface area contributed by atoms with Crippen molar-refractivity contribution in [3.05, 3.63) is 48.0 Å². The van der Waals surface area contributed by atoms with E-state index < -0.39 is 0 Å². The van der Waals surface area contributed by atoms with Crippen LogP contribution in [0, 0.1) is 5.82 Å². The van der Waals surface area contributed by atoms with Crippen molar-refractivity contribution in [3.8, 4) is 5.75 Å². The molecule has 1 aromatic heterocycles. The molecule has 0 saturated heterocycles. The molecule has 96 valence electrons. The fourth-order valence-corrected chi connectivity index (χ4v) is 1.78. The van der Waals surface area contributed by atoms with E-state index in [2.05, 4.69) is 5.32 Å². The summed E-state index contributed by atoms with van der Waals surface area (Å²) in [6.07, 6.45) is 1.99. The van der Waals surface area contributed by atoms with Gasteiger partial charge in [-0.1, -0.05) is 0 Å². The van der Waals surface area contributed by atoms with Gasteiger partial charge in [-0.25, -0.2) is 4.39 Å². The van der Waals surface area contributed by atoms with E-state index in [9.17, 15) is 4.39 Å². The van der Waals surface area contributed by atoms with E-state index in [0.717, 1.165) is 11.4 Å². The van der Waals surface area contributed by atoms with Gasteiger partial charge in [0, 0.05) is 25.0 Å². The molecule has 1 aromatic carbocycles. The van der Waals surface area contributed by atoms with Crippen LogP contribution in [-0.4, -0.2) is 11.2 Å². The summed E-state index contributed by atoms with van der Waals surface area (Å²) in [5.74, 6) is 0.259. The molecule has 0 amide bonds. The van der Waals surface area contributed by atoms with Crippen molar-refractivity contribution in [2.45, 2.75) is 13.5 Å². The lowest BCUT2D eigenvalue weighted by Gasteiger charge is -2.12. The fraction of sp³-hybridized carbons (Fsp3) is 0.286. The largest absolute Gasteiger partial charge is 0.492 e. The monoisotopic (exact) mass is 248 g/mol. The van der Waals surface area contributed by atoms with E-state index in [0.29, 0.717) is 18.9 Å². The number of rotatable bonds is 5. The molecule has 3 nitrogen and oxygen atoms in total. The maximum absolute atomic E-state index is 13.1. The highest BCUT2D eigenvalue weighted by molar-refractivity contribution is 5.56. The molecule has 2 rings (SSSR count). The van der Waals surface area contributed by atoms with Gasteiger partial charge in [0.15, 0.2) is 0 Å². The second kappa shape index (κ2) is 5.58. The minimum Gasteiger partial charge on any atom is -0.492 e. The Kier molecular flexibility index (Phi) is 3.87. The zero-order valence-electron chi connectivity index (χ0n) is 10.6. The lowest BCUT2D eigenvalue weighted by atomic mass is 10.2. The van der Waals surface area contributed by atoms with Crippen LogP contribution in [0.2, 0.25) is 0 Å². The Morgan fingerprint density at radius 2 is 2.17 bits per heavy atom. The maximum Gasteiger partial charge on any atom is 0.145 e. The molecule has 2 aromatic rings. The molecule has 0 bridgehead atoms. The molecule has 0 fully saturated rings. The molecule has 0 atom stereocenters. The van der Waals surface area contributed by atoms with Crippen LogP contribution in [0.4, 0.5) is 10.1 Å². The highest BCUT2D eigenvalue weighted by Crippen LogP contribution is 2.25. The maximum atomic E-state index is 13.1. The SMILES string of the molecule is CCOc1cc(F)ccc1NCc1cccn1C. The van der Waals surface area contributed by atoms with Crippen molar-refractivity contribution < 1.29 is 9.13 Å². The number of nitrogens with one attached hydrogen (secondary N) is 1. The van der Waals surface area contributed by atoms with E-state index in [-0.39, 0.29) is 5.82 Å². The zero-order valence-corrected chi connectivity index (χ0v) is 10.6. The van der Waals surface area contributed by atoms with E-state index in [1.165, 1.54) is 12.1 Å². The van der Waals surface area contributed by atoms with E-state index in [1.807, 2.05) is 36.9 Å². The predicted octanol–water partition coefficient (Wildman–Crippen LogP) is 3.18. The van der Waals surface area contributed by atoms with Gasteiger partial charge in [0.25, 0.3) is 0 Å². The third-order valence-electron chi connectivity index (χ3n) is 2.75. The number of anilines is 1. The van der Waals surface area contributed by atoms with E-state index in [1.54, 1.807) is 6.07 Å². The van der Waals surface area contributed by atoms with Gasteiger partial charge in [-0.3, -0.25) is 0 Å². The first-order valence-electron chi connectivity index (χ1n) is 5.97. The molecule has 0 saturated carbocycles. The number of benzene rings is 1. The molecule has 18 heavy (non-hydrogen) atoms. The molecule has 0 aliphatic carbocycles. The Hall–Kier alpha value is -1.97. The minimum absolute atomic E-state index is 0.289. The number of ether oxygens (including phenoxy) is 1. The standard InChI is InChI=1S/C14H17FN2O/c1-3-18-14-9-11(15)6-7-13(14)16-10-12-5-4-8-17(12)2/h4-9,16H,3,10H2,1-2H3. The van der Waals surface area contributed by atoms with Crippen molar-refractivity contribution >= 4 is 5.69 Å². The van der Waals surface area contributed by atoms with Crippen LogP contribution >= 0.6 is 0 Å². The molecule has 0 aliphatic rings. The van der Waals surface area contributed by atoms with Crippen LogP contribution < -0.4 is 10.1 Å². The van der Waals surface area contributed by atoms with Crippen molar-refractivity contribution in [1.29, 1.82) is 0 Å². The average molecular weight is 248 g/mol. The number of nitrogens with zero attached hydrogens (tertiary/aromatic N) is 1. The van der Waals surface area contributed by atoms with Crippen LogP contribution in [0.1, 0.15) is 12.6 Å².